The van der Waals surface area contributed by atoms with Crippen molar-refractivity contribution in [3.8, 4) is 0 Å². The van der Waals surface area contributed by atoms with E-state index in [9.17, 15) is 4.79 Å². The Labute approximate surface area is 124 Å². The molecule has 118 valence electrons. The number of nitrogens with one attached hydrogen (secondary N) is 1. The Morgan fingerprint density at radius 2 is 2.00 bits per heavy atom. The quantitative estimate of drug-likeness (QED) is 0.761. The van der Waals surface area contributed by atoms with Gasteiger partial charge in [0, 0.05) is 12.6 Å². The molecule has 0 aliphatic carbocycles. The van der Waals surface area contributed by atoms with E-state index in [0.717, 1.165) is 19.6 Å². The van der Waals surface area contributed by atoms with Crippen molar-refractivity contribution in [3.05, 3.63) is 0 Å². The zero-order valence-electron chi connectivity index (χ0n) is 13.9. The zero-order valence-corrected chi connectivity index (χ0v) is 13.9. The second-order valence-corrected chi connectivity index (χ2v) is 6.94. The summed E-state index contributed by atoms with van der Waals surface area (Å²) in [5, 5.41) is 3.34. The second kappa shape index (κ2) is 7.99. The number of hydrogen-bond donors (Lipinski definition) is 1. The highest BCUT2D eigenvalue weighted by molar-refractivity contribution is 5.76. The summed E-state index contributed by atoms with van der Waals surface area (Å²) < 4.78 is 5.19. The lowest BCUT2D eigenvalue weighted by Gasteiger charge is -2.27. The lowest BCUT2D eigenvalue weighted by Crippen LogP contribution is -2.49. The number of ether oxygens (including phenoxy) is 1. The van der Waals surface area contributed by atoms with Gasteiger partial charge >= 0.3 is 5.97 Å². The predicted octanol–water partition coefficient (Wildman–Crippen LogP) is 2.43. The van der Waals surface area contributed by atoms with Gasteiger partial charge in [0.15, 0.2) is 0 Å². The molecule has 1 unspecified atom stereocenters. The molecule has 0 saturated carbocycles. The molecule has 1 atom stereocenters. The Kier molecular flexibility index (Phi) is 6.96. The maximum atomic E-state index is 12.1. The highest BCUT2D eigenvalue weighted by atomic mass is 16.5. The topological polar surface area (TPSA) is 41.6 Å². The lowest BCUT2D eigenvalue weighted by molar-refractivity contribution is -0.146. The molecule has 4 heteroatoms. The van der Waals surface area contributed by atoms with Crippen LogP contribution >= 0.6 is 0 Å². The molecule has 1 N–H and O–H groups in total. The summed E-state index contributed by atoms with van der Waals surface area (Å²) >= 11 is 0. The van der Waals surface area contributed by atoms with Crippen molar-refractivity contribution in [2.45, 2.75) is 66.0 Å². The molecule has 1 rings (SSSR count). The lowest BCUT2D eigenvalue weighted by atomic mass is 9.85. The number of nitrogens with zero attached hydrogens (tertiary/aromatic N) is 1. The largest absolute Gasteiger partial charge is 0.465 e. The number of esters is 1. The molecule has 1 saturated heterocycles. The van der Waals surface area contributed by atoms with Crippen molar-refractivity contribution in [2.75, 3.05) is 26.2 Å². The van der Waals surface area contributed by atoms with Gasteiger partial charge in [-0.3, -0.25) is 4.79 Å². The summed E-state index contributed by atoms with van der Waals surface area (Å²) in [7, 11) is 0. The van der Waals surface area contributed by atoms with Crippen LogP contribution in [0.4, 0.5) is 0 Å². The number of hydrogen-bond acceptors (Lipinski definition) is 4. The highest BCUT2D eigenvalue weighted by Gasteiger charge is 2.27. The SMILES string of the molecule is CCOC(=O)C(CN1CCCC(C)(C)CC1)NC(C)C. The molecule has 0 aromatic carbocycles. The van der Waals surface area contributed by atoms with Crippen LogP contribution in [0.5, 0.6) is 0 Å². The van der Waals surface area contributed by atoms with Crippen LogP contribution < -0.4 is 5.32 Å². The van der Waals surface area contributed by atoms with E-state index in [1.165, 1.54) is 19.3 Å². The number of likely N-dealkylation sites (tertiary alicyclic amines) is 1. The van der Waals surface area contributed by atoms with Crippen molar-refractivity contribution in [1.82, 2.24) is 10.2 Å². The Balaban J connectivity index is 2.57. The fraction of sp³-hybridized carbons (Fsp3) is 0.938. The van der Waals surface area contributed by atoms with Crippen molar-refractivity contribution in [2.24, 2.45) is 5.41 Å². The van der Waals surface area contributed by atoms with Crippen molar-refractivity contribution < 1.29 is 9.53 Å². The summed E-state index contributed by atoms with van der Waals surface area (Å²) in [6.07, 6.45) is 3.68. The molecule has 1 heterocycles. The first-order chi connectivity index (χ1) is 9.34. The van der Waals surface area contributed by atoms with E-state index in [0.29, 0.717) is 12.0 Å². The second-order valence-electron chi connectivity index (χ2n) is 6.94. The van der Waals surface area contributed by atoms with Crippen molar-refractivity contribution in [3.63, 3.8) is 0 Å². The molecule has 0 amide bonds. The predicted molar refractivity (Wildman–Crippen MR) is 82.8 cm³/mol. The zero-order chi connectivity index (χ0) is 15.2. The van der Waals surface area contributed by atoms with E-state index in [1.54, 1.807) is 0 Å². The van der Waals surface area contributed by atoms with E-state index >= 15 is 0 Å². The third-order valence-electron chi connectivity index (χ3n) is 3.98. The minimum atomic E-state index is -0.212. The minimum Gasteiger partial charge on any atom is -0.465 e. The molecule has 0 aromatic rings. The maximum Gasteiger partial charge on any atom is 0.324 e. The summed E-state index contributed by atoms with van der Waals surface area (Å²) in [5.41, 5.74) is 0.430. The van der Waals surface area contributed by atoms with E-state index in [2.05, 4.69) is 37.9 Å². The van der Waals surface area contributed by atoms with Gasteiger partial charge in [0.1, 0.15) is 6.04 Å². The van der Waals surface area contributed by atoms with Crippen LogP contribution in [0.1, 0.15) is 53.9 Å². The normalized spacial score (nSPS) is 21.5. The molecule has 0 aromatic heterocycles. The van der Waals surface area contributed by atoms with Crippen LogP contribution in [-0.2, 0) is 9.53 Å². The number of rotatable bonds is 6. The van der Waals surface area contributed by atoms with Gasteiger partial charge in [-0.05, 0) is 44.7 Å². The summed E-state index contributed by atoms with van der Waals surface area (Å²) in [5.74, 6) is -0.121. The monoisotopic (exact) mass is 284 g/mol. The van der Waals surface area contributed by atoms with Gasteiger partial charge in [-0.25, -0.2) is 0 Å². The fourth-order valence-electron chi connectivity index (χ4n) is 2.76. The van der Waals surface area contributed by atoms with Gasteiger partial charge in [-0.15, -0.1) is 0 Å². The number of carbonyl (C=O) groups is 1. The summed E-state index contributed by atoms with van der Waals surface area (Å²) in [6, 6.07) is 0.0731. The van der Waals surface area contributed by atoms with Crippen LogP contribution in [0, 0.1) is 5.41 Å². The molecular weight excluding hydrogens is 252 g/mol. The Bertz CT molecular complexity index is 303. The molecule has 0 spiro atoms. The Hall–Kier alpha value is -0.610. The third-order valence-corrected chi connectivity index (χ3v) is 3.98. The first-order valence-electron chi connectivity index (χ1n) is 7.99. The van der Waals surface area contributed by atoms with Gasteiger partial charge in [0.05, 0.1) is 6.61 Å². The molecule has 1 fully saturated rings. The molecule has 20 heavy (non-hydrogen) atoms. The summed E-state index contributed by atoms with van der Waals surface area (Å²) in [6.45, 7) is 14.0. The number of carbonyl (C=O) groups excluding carboxylic acids is 1. The van der Waals surface area contributed by atoms with Crippen molar-refractivity contribution >= 4 is 5.97 Å². The van der Waals surface area contributed by atoms with Crippen LogP contribution in [0.25, 0.3) is 0 Å². The molecule has 0 radical (unpaired) electrons. The van der Waals surface area contributed by atoms with Gasteiger partial charge in [0.25, 0.3) is 0 Å². The smallest absolute Gasteiger partial charge is 0.324 e. The third kappa shape index (κ3) is 6.23. The van der Waals surface area contributed by atoms with Crippen LogP contribution in [0.15, 0.2) is 0 Å². The molecule has 0 bridgehead atoms. The van der Waals surface area contributed by atoms with Crippen molar-refractivity contribution in [1.29, 1.82) is 0 Å². The first kappa shape index (κ1) is 17.4. The molecule has 1 aliphatic heterocycles. The molecule has 4 nitrogen and oxygen atoms in total. The van der Waals surface area contributed by atoms with Crippen LogP contribution in [0.2, 0.25) is 0 Å². The molecule has 1 aliphatic rings. The summed E-state index contributed by atoms with van der Waals surface area (Å²) in [4.78, 5) is 14.5. The van der Waals surface area contributed by atoms with E-state index < -0.39 is 0 Å². The van der Waals surface area contributed by atoms with Crippen LogP contribution in [0.3, 0.4) is 0 Å². The molecular formula is C16H32N2O2. The van der Waals surface area contributed by atoms with Gasteiger partial charge in [-0.1, -0.05) is 27.7 Å². The first-order valence-corrected chi connectivity index (χ1v) is 7.99. The maximum absolute atomic E-state index is 12.1. The average molecular weight is 284 g/mol. The standard InChI is InChI=1S/C16H32N2O2/c1-6-20-15(19)14(17-13(2)3)12-18-10-7-8-16(4,5)9-11-18/h13-14,17H,6-12H2,1-5H3. The Morgan fingerprint density at radius 3 is 2.60 bits per heavy atom. The van der Waals surface area contributed by atoms with E-state index in [4.69, 9.17) is 4.74 Å². The van der Waals surface area contributed by atoms with E-state index in [-0.39, 0.29) is 18.1 Å². The van der Waals surface area contributed by atoms with Gasteiger partial charge < -0.3 is 15.0 Å². The van der Waals surface area contributed by atoms with Gasteiger partial charge in [0.2, 0.25) is 0 Å². The van der Waals surface area contributed by atoms with Gasteiger partial charge in [-0.2, -0.15) is 0 Å². The average Bonchev–Trinajstić information content (AvgIpc) is 2.50. The Morgan fingerprint density at radius 1 is 1.30 bits per heavy atom. The van der Waals surface area contributed by atoms with Crippen LogP contribution in [-0.4, -0.2) is 49.2 Å². The fourth-order valence-corrected chi connectivity index (χ4v) is 2.76. The minimum absolute atomic E-state index is 0.121. The van der Waals surface area contributed by atoms with E-state index in [1.807, 2.05) is 6.92 Å². The highest BCUT2D eigenvalue weighted by Crippen LogP contribution is 2.29.